The molecule has 130 valence electrons. The molecule has 2 aromatic carbocycles. The quantitative estimate of drug-likeness (QED) is 0.617. The Kier molecular flexibility index (Phi) is 5.36. The Bertz CT molecular complexity index is 904. The van der Waals surface area contributed by atoms with E-state index >= 15 is 0 Å². The number of nitrogens with one attached hydrogen (secondary N) is 1. The first-order valence-electron chi connectivity index (χ1n) is 8.23. The van der Waals surface area contributed by atoms with Crippen LogP contribution in [-0.4, -0.2) is 22.8 Å². The van der Waals surface area contributed by atoms with Crippen molar-refractivity contribution in [3.63, 3.8) is 0 Å². The molecule has 1 amide bonds. The Labute approximate surface area is 157 Å². The second-order valence-electron chi connectivity index (χ2n) is 6.21. The Morgan fingerprint density at radius 2 is 1.96 bits per heavy atom. The third kappa shape index (κ3) is 3.83. The zero-order valence-electron chi connectivity index (χ0n) is 14.2. The highest BCUT2D eigenvalue weighted by Crippen LogP contribution is 2.29. The van der Waals surface area contributed by atoms with Crippen molar-refractivity contribution in [3.8, 4) is 0 Å². The van der Waals surface area contributed by atoms with Crippen LogP contribution in [0.5, 0.6) is 0 Å². The molecule has 1 N–H and O–H groups in total. The third-order valence-electron chi connectivity index (χ3n) is 4.67. The average Bonchev–Trinajstić information content (AvgIpc) is 3.01. The number of rotatable bonds is 5. The van der Waals surface area contributed by atoms with Crippen molar-refractivity contribution >= 4 is 40.0 Å². The van der Waals surface area contributed by atoms with Crippen molar-refractivity contribution in [2.45, 2.75) is 25.8 Å². The number of halogens is 2. The van der Waals surface area contributed by atoms with Crippen LogP contribution in [0.4, 0.5) is 0 Å². The molecule has 0 spiro atoms. The van der Waals surface area contributed by atoms with E-state index in [1.54, 1.807) is 17.0 Å². The molecule has 0 saturated carbocycles. The van der Waals surface area contributed by atoms with Crippen LogP contribution in [0.1, 0.15) is 30.5 Å². The molecule has 1 aromatic heterocycles. The number of nitrogens with zero attached hydrogens (tertiary/aromatic N) is 1. The largest absolute Gasteiger partial charge is 0.361 e. The van der Waals surface area contributed by atoms with Gasteiger partial charge in [-0.3, -0.25) is 4.79 Å². The molecule has 3 rings (SSSR count). The van der Waals surface area contributed by atoms with Gasteiger partial charge >= 0.3 is 0 Å². The highest BCUT2D eigenvalue weighted by Gasteiger charge is 2.20. The molecule has 5 heteroatoms. The van der Waals surface area contributed by atoms with Gasteiger partial charge in [-0.05, 0) is 42.7 Å². The predicted octanol–water partition coefficient (Wildman–Crippen LogP) is 5.63. The molecule has 0 aliphatic carbocycles. The van der Waals surface area contributed by atoms with Crippen LogP contribution >= 0.6 is 23.2 Å². The van der Waals surface area contributed by atoms with Gasteiger partial charge in [-0.15, -0.1) is 0 Å². The summed E-state index contributed by atoms with van der Waals surface area (Å²) in [6, 6.07) is 13.4. The number of fused-ring (bicyclic) bond motifs is 1. The van der Waals surface area contributed by atoms with Crippen LogP contribution < -0.4 is 0 Å². The summed E-state index contributed by atoms with van der Waals surface area (Å²) in [5.41, 5.74) is 3.16. The topological polar surface area (TPSA) is 36.1 Å². The number of hydrogen-bond acceptors (Lipinski definition) is 1. The number of aromatic amines is 1. The first kappa shape index (κ1) is 17.8. The van der Waals surface area contributed by atoms with Crippen molar-refractivity contribution in [3.05, 3.63) is 69.8 Å². The number of carbonyl (C=O) groups is 1. The summed E-state index contributed by atoms with van der Waals surface area (Å²) in [5.74, 6) is 0.0868. The minimum Gasteiger partial charge on any atom is -0.361 e. The predicted molar refractivity (Wildman–Crippen MR) is 104 cm³/mol. The Morgan fingerprint density at radius 1 is 1.20 bits per heavy atom. The van der Waals surface area contributed by atoms with E-state index in [2.05, 4.69) is 11.1 Å². The summed E-state index contributed by atoms with van der Waals surface area (Å²) in [5, 5.41) is 2.34. The van der Waals surface area contributed by atoms with Crippen LogP contribution in [0.2, 0.25) is 10.0 Å². The highest BCUT2D eigenvalue weighted by molar-refractivity contribution is 6.35. The maximum Gasteiger partial charge on any atom is 0.223 e. The van der Waals surface area contributed by atoms with E-state index in [4.69, 9.17) is 23.2 Å². The van der Waals surface area contributed by atoms with E-state index < -0.39 is 0 Å². The number of aromatic nitrogens is 1. The zero-order valence-corrected chi connectivity index (χ0v) is 15.7. The fourth-order valence-corrected chi connectivity index (χ4v) is 3.59. The normalized spacial score (nSPS) is 12.3. The smallest absolute Gasteiger partial charge is 0.223 e. The monoisotopic (exact) mass is 374 g/mol. The van der Waals surface area contributed by atoms with Gasteiger partial charge in [-0.2, -0.15) is 0 Å². The van der Waals surface area contributed by atoms with Crippen molar-refractivity contribution in [1.82, 2.24) is 9.88 Å². The lowest BCUT2D eigenvalue weighted by molar-refractivity contribution is -0.131. The van der Waals surface area contributed by atoms with E-state index in [0.29, 0.717) is 22.9 Å². The summed E-state index contributed by atoms with van der Waals surface area (Å²) in [7, 11) is 1.81. The molecule has 1 atom stereocenters. The number of H-pyrrole nitrogens is 1. The third-order valence-corrected chi connectivity index (χ3v) is 5.23. The van der Waals surface area contributed by atoms with Gasteiger partial charge in [-0.25, -0.2) is 0 Å². The summed E-state index contributed by atoms with van der Waals surface area (Å²) in [4.78, 5) is 17.6. The number of benzene rings is 2. The molecule has 0 fully saturated rings. The van der Waals surface area contributed by atoms with E-state index in [9.17, 15) is 4.79 Å². The van der Waals surface area contributed by atoms with Gasteiger partial charge in [0.2, 0.25) is 5.91 Å². The fourth-order valence-electron chi connectivity index (χ4n) is 3.02. The van der Waals surface area contributed by atoms with E-state index in [-0.39, 0.29) is 11.9 Å². The second kappa shape index (κ2) is 7.51. The molecular formula is C20H20Cl2N2O. The molecule has 3 aromatic rings. The number of aryl methyl sites for hydroxylation is 1. The SMILES string of the molecule is CC(c1ccc(Cl)cc1Cl)N(C)C(=O)CCc1c[nH]c2ccccc12. The molecule has 0 aliphatic rings. The lowest BCUT2D eigenvalue weighted by Crippen LogP contribution is -2.30. The number of hydrogen-bond donors (Lipinski definition) is 1. The highest BCUT2D eigenvalue weighted by atomic mass is 35.5. The van der Waals surface area contributed by atoms with Crippen molar-refractivity contribution < 1.29 is 4.79 Å². The zero-order chi connectivity index (χ0) is 18.0. The van der Waals surface area contributed by atoms with Gasteiger partial charge < -0.3 is 9.88 Å². The van der Waals surface area contributed by atoms with Gasteiger partial charge in [0.15, 0.2) is 0 Å². The number of amides is 1. The van der Waals surface area contributed by atoms with Crippen molar-refractivity contribution in [2.24, 2.45) is 0 Å². The van der Waals surface area contributed by atoms with E-state index in [1.165, 1.54) is 5.39 Å². The molecule has 1 heterocycles. The van der Waals surface area contributed by atoms with Crippen LogP contribution in [-0.2, 0) is 11.2 Å². The lowest BCUT2D eigenvalue weighted by atomic mass is 10.1. The Balaban J connectivity index is 1.68. The summed E-state index contributed by atoms with van der Waals surface area (Å²) >= 11 is 12.2. The molecule has 0 aliphatic heterocycles. The molecular weight excluding hydrogens is 355 g/mol. The lowest BCUT2D eigenvalue weighted by Gasteiger charge is -2.26. The van der Waals surface area contributed by atoms with Gasteiger partial charge in [0.1, 0.15) is 0 Å². The van der Waals surface area contributed by atoms with Crippen molar-refractivity contribution in [1.29, 1.82) is 0 Å². The number of para-hydroxylation sites is 1. The molecule has 25 heavy (non-hydrogen) atoms. The fraction of sp³-hybridized carbons (Fsp3) is 0.250. The minimum atomic E-state index is -0.111. The average molecular weight is 375 g/mol. The molecule has 0 bridgehead atoms. The summed E-state index contributed by atoms with van der Waals surface area (Å²) < 4.78 is 0. The molecule has 0 radical (unpaired) electrons. The first-order chi connectivity index (χ1) is 12.0. The maximum atomic E-state index is 12.6. The van der Waals surface area contributed by atoms with Crippen LogP contribution in [0, 0.1) is 0 Å². The summed E-state index contributed by atoms with van der Waals surface area (Å²) in [6.45, 7) is 1.97. The summed E-state index contributed by atoms with van der Waals surface area (Å²) in [6.07, 6.45) is 3.14. The van der Waals surface area contributed by atoms with Gasteiger partial charge in [0, 0.05) is 40.6 Å². The molecule has 3 nitrogen and oxygen atoms in total. The van der Waals surface area contributed by atoms with E-state index in [0.717, 1.165) is 16.6 Å². The molecule has 1 unspecified atom stereocenters. The maximum absolute atomic E-state index is 12.6. The Morgan fingerprint density at radius 3 is 2.72 bits per heavy atom. The minimum absolute atomic E-state index is 0.0868. The van der Waals surface area contributed by atoms with Crippen molar-refractivity contribution in [2.75, 3.05) is 7.05 Å². The number of carbonyl (C=O) groups excluding carboxylic acids is 1. The van der Waals surface area contributed by atoms with Crippen LogP contribution in [0.25, 0.3) is 10.9 Å². The van der Waals surface area contributed by atoms with Gasteiger partial charge in [0.05, 0.1) is 6.04 Å². The van der Waals surface area contributed by atoms with Crippen LogP contribution in [0.15, 0.2) is 48.7 Å². The van der Waals surface area contributed by atoms with E-state index in [1.807, 2.05) is 44.4 Å². The standard InChI is InChI=1S/C20H20Cl2N2O/c1-13(16-9-8-15(21)11-18(16)22)24(2)20(25)10-7-14-12-23-19-6-4-3-5-17(14)19/h3-6,8-9,11-13,23H,7,10H2,1-2H3. The van der Waals surface area contributed by atoms with Gasteiger partial charge in [0.25, 0.3) is 0 Å². The second-order valence-corrected chi connectivity index (χ2v) is 7.05. The van der Waals surface area contributed by atoms with Crippen LogP contribution in [0.3, 0.4) is 0 Å². The Hall–Kier alpha value is -1.97. The van der Waals surface area contributed by atoms with Gasteiger partial charge in [-0.1, -0.05) is 47.5 Å². The first-order valence-corrected chi connectivity index (χ1v) is 8.98. The molecule has 0 saturated heterocycles.